The van der Waals surface area contributed by atoms with Crippen LogP contribution in [-0.2, 0) is 13.2 Å². The number of aromatic nitrogens is 2. The zero-order valence-corrected chi connectivity index (χ0v) is 11.6. The van der Waals surface area contributed by atoms with E-state index in [1.165, 1.54) is 0 Å². The third-order valence-corrected chi connectivity index (χ3v) is 3.03. The van der Waals surface area contributed by atoms with Gasteiger partial charge in [-0.2, -0.15) is 5.10 Å². The molecule has 19 heavy (non-hydrogen) atoms. The van der Waals surface area contributed by atoms with Crippen molar-refractivity contribution >= 4 is 0 Å². The maximum absolute atomic E-state index is 9.44. The van der Waals surface area contributed by atoms with Gasteiger partial charge in [0.2, 0.25) is 0 Å². The number of nitrogens with zero attached hydrogens (tertiary/aromatic N) is 2. The molecule has 2 aromatic rings. The van der Waals surface area contributed by atoms with Crippen LogP contribution in [0.4, 0.5) is 0 Å². The van der Waals surface area contributed by atoms with Gasteiger partial charge in [0.1, 0.15) is 12.4 Å². The van der Waals surface area contributed by atoms with Crippen molar-refractivity contribution in [1.82, 2.24) is 9.78 Å². The molecule has 0 aliphatic rings. The van der Waals surface area contributed by atoms with Crippen LogP contribution in [0.1, 0.15) is 36.9 Å². The van der Waals surface area contributed by atoms with E-state index in [4.69, 9.17) is 4.74 Å². The van der Waals surface area contributed by atoms with Crippen LogP contribution in [0, 0.1) is 6.92 Å². The Morgan fingerprint density at radius 1 is 1.32 bits per heavy atom. The molecule has 1 aromatic carbocycles. The largest absolute Gasteiger partial charge is 0.487 e. The summed E-state index contributed by atoms with van der Waals surface area (Å²) in [7, 11) is 0. The predicted molar refractivity (Wildman–Crippen MR) is 74.0 cm³/mol. The lowest BCUT2D eigenvalue weighted by atomic mass is 10.1. The third kappa shape index (κ3) is 3.35. The predicted octanol–water partition coefficient (Wildman–Crippen LogP) is 2.84. The highest BCUT2D eigenvalue weighted by Crippen LogP contribution is 2.18. The Morgan fingerprint density at radius 2 is 2.00 bits per heavy atom. The van der Waals surface area contributed by atoms with E-state index in [-0.39, 0.29) is 0 Å². The number of hydrogen-bond donors (Lipinski definition) is 1. The van der Waals surface area contributed by atoms with Crippen molar-refractivity contribution in [2.45, 2.75) is 40.0 Å². The van der Waals surface area contributed by atoms with E-state index in [2.05, 4.69) is 12.0 Å². The van der Waals surface area contributed by atoms with Gasteiger partial charge in [0, 0.05) is 6.54 Å². The van der Waals surface area contributed by atoms with Crippen LogP contribution < -0.4 is 4.74 Å². The minimum Gasteiger partial charge on any atom is -0.487 e. The van der Waals surface area contributed by atoms with Crippen LogP contribution in [-0.4, -0.2) is 14.9 Å². The molecule has 4 nitrogen and oxygen atoms in total. The lowest BCUT2D eigenvalue weighted by Crippen LogP contribution is -2.06. The molecule has 1 heterocycles. The number of ether oxygens (including phenoxy) is 1. The van der Waals surface area contributed by atoms with Crippen LogP contribution in [0.25, 0.3) is 0 Å². The number of benzene rings is 1. The van der Waals surface area contributed by atoms with E-state index in [1.807, 2.05) is 41.9 Å². The first-order valence-corrected chi connectivity index (χ1v) is 6.54. The minimum atomic E-state index is -0.446. The number of rotatable bonds is 5. The van der Waals surface area contributed by atoms with E-state index >= 15 is 0 Å². The van der Waals surface area contributed by atoms with Crippen LogP contribution >= 0.6 is 0 Å². The first-order valence-electron chi connectivity index (χ1n) is 6.54. The van der Waals surface area contributed by atoms with Gasteiger partial charge < -0.3 is 9.84 Å². The molecule has 4 heteroatoms. The molecule has 0 amide bonds. The molecule has 0 fully saturated rings. The Hall–Kier alpha value is -1.81. The molecule has 0 aliphatic heterocycles. The van der Waals surface area contributed by atoms with Gasteiger partial charge in [-0.15, -0.1) is 0 Å². The van der Waals surface area contributed by atoms with Crippen molar-refractivity contribution in [3.63, 3.8) is 0 Å². The van der Waals surface area contributed by atoms with Crippen LogP contribution in [0.5, 0.6) is 5.75 Å². The van der Waals surface area contributed by atoms with Gasteiger partial charge in [-0.05, 0) is 44.5 Å². The maximum atomic E-state index is 9.44. The van der Waals surface area contributed by atoms with E-state index in [0.717, 1.165) is 29.2 Å². The van der Waals surface area contributed by atoms with Crippen molar-refractivity contribution in [2.24, 2.45) is 0 Å². The molecule has 1 aromatic heterocycles. The van der Waals surface area contributed by atoms with E-state index in [9.17, 15) is 5.11 Å². The van der Waals surface area contributed by atoms with Crippen LogP contribution in [0.15, 0.2) is 30.3 Å². The highest BCUT2D eigenvalue weighted by atomic mass is 16.5. The lowest BCUT2D eigenvalue weighted by Gasteiger charge is -2.09. The molecule has 2 rings (SSSR count). The fraction of sp³-hybridized carbons (Fsp3) is 0.400. The average Bonchev–Trinajstić information content (AvgIpc) is 2.77. The van der Waals surface area contributed by atoms with Gasteiger partial charge in [-0.25, -0.2) is 0 Å². The Bertz CT molecular complexity index is 530. The zero-order chi connectivity index (χ0) is 13.8. The molecule has 0 spiro atoms. The number of aliphatic hydroxyl groups is 1. The molecule has 102 valence electrons. The molecular weight excluding hydrogens is 240 g/mol. The van der Waals surface area contributed by atoms with Crippen molar-refractivity contribution in [3.8, 4) is 5.75 Å². The van der Waals surface area contributed by atoms with Crippen molar-refractivity contribution < 1.29 is 9.84 Å². The molecule has 0 saturated carbocycles. The van der Waals surface area contributed by atoms with Gasteiger partial charge >= 0.3 is 0 Å². The average molecular weight is 260 g/mol. The number of hydrogen-bond acceptors (Lipinski definition) is 3. The summed E-state index contributed by atoms with van der Waals surface area (Å²) < 4.78 is 7.68. The number of aryl methyl sites for hydroxylation is 2. The standard InChI is InChI=1S/C15H20N2O2/c1-4-17-14(9-11(2)16-17)10-19-15-7-5-13(6-8-15)12(3)18/h5-9,12,18H,4,10H2,1-3H3/t12-/m1/s1. The summed E-state index contributed by atoms with van der Waals surface area (Å²) in [6, 6.07) is 9.54. The van der Waals surface area contributed by atoms with E-state index in [0.29, 0.717) is 6.61 Å². The summed E-state index contributed by atoms with van der Waals surface area (Å²) in [4.78, 5) is 0. The first kappa shape index (κ1) is 13.6. The first-order chi connectivity index (χ1) is 9.10. The number of aliphatic hydroxyl groups excluding tert-OH is 1. The summed E-state index contributed by atoms with van der Waals surface area (Å²) in [5.41, 5.74) is 2.96. The molecular formula is C15H20N2O2. The second-order valence-electron chi connectivity index (χ2n) is 4.63. The molecule has 0 aliphatic carbocycles. The zero-order valence-electron chi connectivity index (χ0n) is 11.6. The van der Waals surface area contributed by atoms with Crippen LogP contribution in [0.3, 0.4) is 0 Å². The van der Waals surface area contributed by atoms with Crippen molar-refractivity contribution in [3.05, 3.63) is 47.3 Å². The second-order valence-corrected chi connectivity index (χ2v) is 4.63. The molecule has 1 atom stereocenters. The molecule has 0 saturated heterocycles. The molecule has 1 N–H and O–H groups in total. The smallest absolute Gasteiger partial charge is 0.130 e. The van der Waals surface area contributed by atoms with Gasteiger partial charge in [0.15, 0.2) is 0 Å². The SMILES string of the molecule is CCn1nc(C)cc1COc1ccc([C@@H](C)O)cc1. The monoisotopic (exact) mass is 260 g/mol. The van der Waals surface area contributed by atoms with E-state index in [1.54, 1.807) is 6.92 Å². The van der Waals surface area contributed by atoms with Gasteiger partial charge in [-0.1, -0.05) is 12.1 Å². The normalized spacial score (nSPS) is 12.4. The Balaban J connectivity index is 2.01. The minimum absolute atomic E-state index is 0.446. The lowest BCUT2D eigenvalue weighted by molar-refractivity contribution is 0.199. The summed E-state index contributed by atoms with van der Waals surface area (Å²) in [5, 5.41) is 13.8. The van der Waals surface area contributed by atoms with Crippen molar-refractivity contribution in [1.29, 1.82) is 0 Å². The Labute approximate surface area is 113 Å². The molecule has 0 radical (unpaired) electrons. The van der Waals surface area contributed by atoms with Gasteiger partial charge in [-0.3, -0.25) is 4.68 Å². The quantitative estimate of drug-likeness (QED) is 0.899. The Morgan fingerprint density at radius 3 is 2.58 bits per heavy atom. The topological polar surface area (TPSA) is 47.3 Å². The highest BCUT2D eigenvalue weighted by Gasteiger charge is 2.05. The third-order valence-electron chi connectivity index (χ3n) is 3.03. The van der Waals surface area contributed by atoms with Gasteiger partial charge in [0.25, 0.3) is 0 Å². The fourth-order valence-electron chi connectivity index (χ4n) is 1.99. The second kappa shape index (κ2) is 5.89. The van der Waals surface area contributed by atoms with Crippen LogP contribution in [0.2, 0.25) is 0 Å². The van der Waals surface area contributed by atoms with E-state index < -0.39 is 6.10 Å². The van der Waals surface area contributed by atoms with Gasteiger partial charge in [0.05, 0.1) is 17.5 Å². The summed E-state index contributed by atoms with van der Waals surface area (Å²) in [6.45, 7) is 7.13. The molecule has 0 bridgehead atoms. The fourth-order valence-corrected chi connectivity index (χ4v) is 1.99. The summed E-state index contributed by atoms with van der Waals surface area (Å²) in [5.74, 6) is 0.797. The summed E-state index contributed by atoms with van der Waals surface area (Å²) >= 11 is 0. The highest BCUT2D eigenvalue weighted by molar-refractivity contribution is 5.28. The summed E-state index contributed by atoms with van der Waals surface area (Å²) in [6.07, 6.45) is -0.446. The Kier molecular flexibility index (Phi) is 4.22. The van der Waals surface area contributed by atoms with Crippen molar-refractivity contribution in [2.75, 3.05) is 0 Å². The molecule has 0 unspecified atom stereocenters. The maximum Gasteiger partial charge on any atom is 0.130 e.